The number of anilines is 2. The van der Waals surface area contributed by atoms with Crippen LogP contribution in [0.25, 0.3) is 5.65 Å². The summed E-state index contributed by atoms with van der Waals surface area (Å²) in [4.78, 5) is 10.1. The Labute approximate surface area is 122 Å². The number of rotatable bonds is 4. The molecule has 0 saturated carbocycles. The Morgan fingerprint density at radius 2 is 2.37 bits per heavy atom. The largest absolute Gasteiger partial charge is 0.372 e. The lowest BCUT2D eigenvalue weighted by molar-refractivity contribution is 1.08. The zero-order valence-corrected chi connectivity index (χ0v) is 12.6. The van der Waals surface area contributed by atoms with Crippen molar-refractivity contribution in [3.05, 3.63) is 39.4 Å². The van der Waals surface area contributed by atoms with E-state index < -0.39 is 0 Å². The van der Waals surface area contributed by atoms with Crippen molar-refractivity contribution in [3.8, 4) is 0 Å². The third-order valence-electron chi connectivity index (χ3n) is 2.68. The number of imidazole rings is 1. The molecule has 7 heteroatoms. The van der Waals surface area contributed by atoms with Gasteiger partial charge >= 0.3 is 0 Å². The molecule has 0 aliphatic carbocycles. The van der Waals surface area contributed by atoms with Gasteiger partial charge in [-0.3, -0.25) is 0 Å². The highest BCUT2D eigenvalue weighted by atomic mass is 79.9. The summed E-state index contributed by atoms with van der Waals surface area (Å²) in [6.45, 7) is 0.735. The van der Waals surface area contributed by atoms with Gasteiger partial charge in [-0.2, -0.15) is 0 Å². The van der Waals surface area contributed by atoms with Crippen LogP contribution in [0.15, 0.2) is 34.5 Å². The van der Waals surface area contributed by atoms with Crippen LogP contribution in [0.1, 0.15) is 4.88 Å². The molecule has 3 heterocycles. The first kappa shape index (κ1) is 12.4. The number of nitrogens with one attached hydrogen (secondary N) is 2. The molecule has 0 aliphatic rings. The standard InChI is InChI=1S/C12H12BrN5S/c1-14-10-6-18-3-2-15-12(18)11(17-10)16-5-9-4-8(13)7-19-9/h2-4,6-7,14H,5H2,1H3,(H,16,17). The summed E-state index contributed by atoms with van der Waals surface area (Å²) in [5, 5.41) is 8.45. The Hall–Kier alpha value is -1.60. The molecule has 0 aromatic carbocycles. The van der Waals surface area contributed by atoms with Gasteiger partial charge in [0, 0.05) is 34.2 Å². The highest BCUT2D eigenvalue weighted by Crippen LogP contribution is 2.22. The zero-order chi connectivity index (χ0) is 13.2. The van der Waals surface area contributed by atoms with Crippen molar-refractivity contribution in [2.24, 2.45) is 0 Å². The molecule has 0 saturated heterocycles. The maximum atomic E-state index is 4.50. The van der Waals surface area contributed by atoms with E-state index in [0.717, 1.165) is 28.3 Å². The molecule has 3 rings (SSSR count). The van der Waals surface area contributed by atoms with E-state index in [4.69, 9.17) is 0 Å². The van der Waals surface area contributed by atoms with Gasteiger partial charge in [0.2, 0.25) is 0 Å². The minimum Gasteiger partial charge on any atom is -0.372 e. The van der Waals surface area contributed by atoms with Gasteiger partial charge in [0.15, 0.2) is 11.5 Å². The van der Waals surface area contributed by atoms with Crippen LogP contribution in [0.3, 0.4) is 0 Å². The second-order valence-corrected chi connectivity index (χ2v) is 5.88. The first-order chi connectivity index (χ1) is 9.26. The van der Waals surface area contributed by atoms with Crippen molar-refractivity contribution >= 4 is 44.5 Å². The second-order valence-electron chi connectivity index (χ2n) is 3.97. The number of nitrogens with zero attached hydrogens (tertiary/aromatic N) is 3. The molecule has 5 nitrogen and oxygen atoms in total. The van der Waals surface area contributed by atoms with E-state index in [2.05, 4.69) is 48.0 Å². The molecule has 0 aliphatic heterocycles. The molecule has 0 spiro atoms. The predicted octanol–water partition coefficient (Wildman–Crippen LogP) is 3.21. The van der Waals surface area contributed by atoms with Crippen molar-refractivity contribution in [2.75, 3.05) is 17.7 Å². The normalized spacial score (nSPS) is 10.8. The fourth-order valence-electron chi connectivity index (χ4n) is 1.79. The Morgan fingerprint density at radius 3 is 3.11 bits per heavy atom. The number of hydrogen-bond donors (Lipinski definition) is 2. The molecular formula is C12H12BrN5S. The van der Waals surface area contributed by atoms with Crippen molar-refractivity contribution in [2.45, 2.75) is 6.54 Å². The highest BCUT2D eigenvalue weighted by Gasteiger charge is 2.07. The second kappa shape index (κ2) is 5.18. The van der Waals surface area contributed by atoms with E-state index in [-0.39, 0.29) is 0 Å². The Kier molecular flexibility index (Phi) is 3.39. The van der Waals surface area contributed by atoms with Crippen molar-refractivity contribution in [1.29, 1.82) is 0 Å². The monoisotopic (exact) mass is 337 g/mol. The van der Waals surface area contributed by atoms with Gasteiger partial charge in [0.25, 0.3) is 0 Å². The van der Waals surface area contributed by atoms with Crippen LogP contribution in [0, 0.1) is 0 Å². The topological polar surface area (TPSA) is 54.2 Å². The van der Waals surface area contributed by atoms with E-state index in [1.165, 1.54) is 4.88 Å². The number of thiophene rings is 1. The summed E-state index contributed by atoms with van der Waals surface area (Å²) >= 11 is 5.16. The maximum Gasteiger partial charge on any atom is 0.180 e. The molecule has 3 aromatic heterocycles. The Bertz CT molecular complexity index is 705. The van der Waals surface area contributed by atoms with E-state index in [1.54, 1.807) is 17.5 Å². The minimum atomic E-state index is 0.735. The van der Waals surface area contributed by atoms with Gasteiger partial charge in [0.05, 0.1) is 12.7 Å². The van der Waals surface area contributed by atoms with Crippen molar-refractivity contribution in [1.82, 2.24) is 14.4 Å². The average molecular weight is 338 g/mol. The SMILES string of the molecule is CNc1cn2ccnc2c(NCc2cc(Br)cs2)n1. The average Bonchev–Trinajstić information content (AvgIpc) is 3.04. The molecule has 3 aromatic rings. The summed E-state index contributed by atoms with van der Waals surface area (Å²) < 4.78 is 3.06. The van der Waals surface area contributed by atoms with Gasteiger partial charge in [-0.1, -0.05) is 0 Å². The molecule has 0 amide bonds. The quantitative estimate of drug-likeness (QED) is 0.767. The molecule has 98 valence electrons. The third kappa shape index (κ3) is 2.57. The lowest BCUT2D eigenvalue weighted by Crippen LogP contribution is -2.05. The molecular weight excluding hydrogens is 326 g/mol. The Morgan fingerprint density at radius 1 is 1.47 bits per heavy atom. The smallest absolute Gasteiger partial charge is 0.180 e. The van der Waals surface area contributed by atoms with Gasteiger partial charge in [0.1, 0.15) is 5.82 Å². The summed E-state index contributed by atoms with van der Waals surface area (Å²) in [6.07, 6.45) is 5.59. The van der Waals surface area contributed by atoms with E-state index >= 15 is 0 Å². The van der Waals surface area contributed by atoms with Gasteiger partial charge < -0.3 is 15.0 Å². The van der Waals surface area contributed by atoms with Gasteiger partial charge in [-0.15, -0.1) is 11.3 Å². The number of aromatic nitrogens is 3. The van der Waals surface area contributed by atoms with Crippen LogP contribution in [0.2, 0.25) is 0 Å². The van der Waals surface area contributed by atoms with E-state index in [0.29, 0.717) is 0 Å². The predicted molar refractivity (Wildman–Crippen MR) is 81.9 cm³/mol. The van der Waals surface area contributed by atoms with Gasteiger partial charge in [-0.05, 0) is 22.0 Å². The molecule has 19 heavy (non-hydrogen) atoms. The summed E-state index contributed by atoms with van der Waals surface area (Å²) in [5.74, 6) is 1.58. The highest BCUT2D eigenvalue weighted by molar-refractivity contribution is 9.10. The van der Waals surface area contributed by atoms with E-state index in [1.807, 2.05) is 23.8 Å². The van der Waals surface area contributed by atoms with E-state index in [9.17, 15) is 0 Å². The van der Waals surface area contributed by atoms with Crippen LogP contribution in [0.5, 0.6) is 0 Å². The Balaban J connectivity index is 1.88. The van der Waals surface area contributed by atoms with Crippen LogP contribution < -0.4 is 10.6 Å². The molecule has 0 fully saturated rings. The first-order valence-corrected chi connectivity index (χ1v) is 7.42. The molecule has 0 radical (unpaired) electrons. The van der Waals surface area contributed by atoms with Crippen molar-refractivity contribution < 1.29 is 0 Å². The first-order valence-electron chi connectivity index (χ1n) is 5.74. The fourth-order valence-corrected chi connectivity index (χ4v) is 3.18. The lowest BCUT2D eigenvalue weighted by atomic mass is 10.4. The molecule has 0 atom stereocenters. The summed E-state index contributed by atoms with van der Waals surface area (Å²) in [7, 11) is 1.85. The minimum absolute atomic E-state index is 0.735. The molecule has 0 unspecified atom stereocenters. The van der Waals surface area contributed by atoms with Crippen molar-refractivity contribution in [3.63, 3.8) is 0 Å². The molecule has 2 N–H and O–H groups in total. The zero-order valence-electron chi connectivity index (χ0n) is 10.2. The maximum absolute atomic E-state index is 4.50. The van der Waals surface area contributed by atoms with Gasteiger partial charge in [-0.25, -0.2) is 9.97 Å². The number of fused-ring (bicyclic) bond motifs is 1. The fraction of sp³-hybridized carbons (Fsp3) is 0.167. The summed E-state index contributed by atoms with van der Waals surface area (Å²) in [5.41, 5.74) is 0.828. The number of hydrogen-bond acceptors (Lipinski definition) is 5. The number of halogens is 1. The van der Waals surface area contributed by atoms with Crippen LogP contribution in [-0.4, -0.2) is 21.4 Å². The van der Waals surface area contributed by atoms with Crippen LogP contribution in [-0.2, 0) is 6.54 Å². The molecule has 0 bridgehead atoms. The summed E-state index contributed by atoms with van der Waals surface area (Å²) in [6, 6.07) is 2.10. The van der Waals surface area contributed by atoms with Crippen LogP contribution in [0.4, 0.5) is 11.6 Å². The van der Waals surface area contributed by atoms with Crippen LogP contribution >= 0.6 is 27.3 Å². The lowest BCUT2D eigenvalue weighted by Gasteiger charge is -2.08. The third-order valence-corrected chi connectivity index (χ3v) is 4.38.